The molecule has 0 saturated heterocycles. The SMILES string of the molecule is COc1cccc(C(=O)OCC(=O)N2c3ccccc3NC(=O)CC2C)c1O. The first-order valence-electron chi connectivity index (χ1n) is 8.66. The lowest BCUT2D eigenvalue weighted by Crippen LogP contribution is -2.41. The molecule has 0 aliphatic carbocycles. The number of methoxy groups -OCH3 is 1. The van der Waals surface area contributed by atoms with Gasteiger partial charge in [0.1, 0.15) is 5.56 Å². The number of fused-ring (bicyclic) bond motifs is 1. The number of amides is 2. The molecule has 1 atom stereocenters. The van der Waals surface area contributed by atoms with Crippen molar-refractivity contribution >= 4 is 29.2 Å². The number of esters is 1. The first kappa shape index (κ1) is 19.2. The van der Waals surface area contributed by atoms with Gasteiger partial charge in [-0.3, -0.25) is 9.59 Å². The Balaban J connectivity index is 1.78. The van der Waals surface area contributed by atoms with Crippen LogP contribution >= 0.6 is 0 Å². The number of hydrogen-bond acceptors (Lipinski definition) is 6. The van der Waals surface area contributed by atoms with E-state index in [2.05, 4.69) is 5.32 Å². The van der Waals surface area contributed by atoms with Crippen LogP contribution in [0.25, 0.3) is 0 Å². The number of nitrogens with zero attached hydrogens (tertiary/aromatic N) is 1. The standard InChI is InChI=1S/C20H20N2O6/c1-12-10-17(23)21-14-7-3-4-8-15(14)22(12)18(24)11-28-20(26)13-6-5-9-16(27-2)19(13)25/h3-9,12,25H,10-11H2,1-2H3,(H,21,23). The molecule has 2 aromatic carbocycles. The Labute approximate surface area is 161 Å². The third-order valence-corrected chi connectivity index (χ3v) is 4.39. The molecule has 0 spiro atoms. The normalized spacial score (nSPS) is 15.9. The summed E-state index contributed by atoms with van der Waals surface area (Å²) < 4.78 is 10.1. The molecule has 1 aliphatic heterocycles. The molecule has 2 amide bonds. The second kappa shape index (κ2) is 7.99. The largest absolute Gasteiger partial charge is 0.504 e. The molecule has 0 bridgehead atoms. The van der Waals surface area contributed by atoms with E-state index in [1.165, 1.54) is 30.2 Å². The van der Waals surface area contributed by atoms with Gasteiger partial charge in [-0.05, 0) is 31.2 Å². The van der Waals surface area contributed by atoms with Gasteiger partial charge in [-0.1, -0.05) is 18.2 Å². The summed E-state index contributed by atoms with van der Waals surface area (Å²) >= 11 is 0. The molecule has 0 radical (unpaired) electrons. The van der Waals surface area contributed by atoms with E-state index in [0.717, 1.165) is 0 Å². The van der Waals surface area contributed by atoms with Crippen LogP contribution in [0.4, 0.5) is 11.4 Å². The zero-order chi connectivity index (χ0) is 20.3. The van der Waals surface area contributed by atoms with Crippen LogP contribution in [0.1, 0.15) is 23.7 Å². The average Bonchev–Trinajstić information content (AvgIpc) is 2.80. The van der Waals surface area contributed by atoms with Gasteiger partial charge in [0.15, 0.2) is 18.1 Å². The predicted octanol–water partition coefficient (Wildman–Crippen LogP) is 2.32. The summed E-state index contributed by atoms with van der Waals surface area (Å²) in [5.74, 6) is -1.76. The fraction of sp³-hybridized carbons (Fsp3) is 0.250. The molecule has 1 heterocycles. The number of hydrogen-bond donors (Lipinski definition) is 2. The minimum Gasteiger partial charge on any atom is -0.504 e. The monoisotopic (exact) mass is 384 g/mol. The molecule has 28 heavy (non-hydrogen) atoms. The first-order chi connectivity index (χ1) is 13.4. The summed E-state index contributed by atoms with van der Waals surface area (Å²) in [7, 11) is 1.36. The van der Waals surface area contributed by atoms with Crippen LogP contribution in [-0.2, 0) is 14.3 Å². The molecule has 2 aromatic rings. The number of nitrogens with one attached hydrogen (secondary N) is 1. The molecule has 3 rings (SSSR count). The second-order valence-electron chi connectivity index (χ2n) is 6.31. The summed E-state index contributed by atoms with van der Waals surface area (Å²) in [6.07, 6.45) is 0.116. The predicted molar refractivity (Wildman–Crippen MR) is 102 cm³/mol. The van der Waals surface area contributed by atoms with Crippen molar-refractivity contribution < 1.29 is 29.0 Å². The third kappa shape index (κ3) is 3.75. The Kier molecular flexibility index (Phi) is 5.49. The molecule has 1 unspecified atom stereocenters. The number of carbonyl (C=O) groups excluding carboxylic acids is 3. The van der Waals surface area contributed by atoms with Gasteiger partial charge in [0.05, 0.1) is 18.5 Å². The number of rotatable bonds is 4. The number of anilines is 2. The van der Waals surface area contributed by atoms with Crippen LogP contribution in [0.3, 0.4) is 0 Å². The van der Waals surface area contributed by atoms with Gasteiger partial charge in [-0.2, -0.15) is 0 Å². The smallest absolute Gasteiger partial charge is 0.342 e. The van der Waals surface area contributed by atoms with Crippen molar-refractivity contribution in [3.8, 4) is 11.5 Å². The molecule has 0 saturated carbocycles. The van der Waals surface area contributed by atoms with Gasteiger partial charge in [0.25, 0.3) is 5.91 Å². The van der Waals surface area contributed by atoms with Crippen molar-refractivity contribution in [3.63, 3.8) is 0 Å². The van der Waals surface area contributed by atoms with Crippen molar-refractivity contribution in [3.05, 3.63) is 48.0 Å². The van der Waals surface area contributed by atoms with Gasteiger partial charge >= 0.3 is 5.97 Å². The van der Waals surface area contributed by atoms with Gasteiger partial charge in [0, 0.05) is 12.5 Å². The lowest BCUT2D eigenvalue weighted by atomic mass is 10.1. The highest BCUT2D eigenvalue weighted by molar-refractivity contribution is 6.05. The Bertz CT molecular complexity index is 927. The molecule has 0 fully saturated rings. The lowest BCUT2D eigenvalue weighted by Gasteiger charge is -2.27. The first-order valence-corrected chi connectivity index (χ1v) is 8.66. The van der Waals surface area contributed by atoms with Gasteiger partial charge < -0.3 is 24.8 Å². The summed E-state index contributed by atoms with van der Waals surface area (Å²) in [5.41, 5.74) is 0.946. The summed E-state index contributed by atoms with van der Waals surface area (Å²) in [6.45, 7) is 1.21. The minimum absolute atomic E-state index is 0.103. The van der Waals surface area contributed by atoms with E-state index in [1.54, 1.807) is 31.2 Å². The van der Waals surface area contributed by atoms with Crippen LogP contribution in [0.2, 0.25) is 0 Å². The maximum absolute atomic E-state index is 12.8. The molecular weight excluding hydrogens is 364 g/mol. The molecule has 8 nitrogen and oxygen atoms in total. The Hall–Kier alpha value is -3.55. The molecule has 8 heteroatoms. The molecule has 146 valence electrons. The van der Waals surface area contributed by atoms with E-state index >= 15 is 0 Å². The van der Waals surface area contributed by atoms with Crippen LogP contribution in [0.5, 0.6) is 11.5 Å². The Morgan fingerprint density at radius 2 is 1.96 bits per heavy atom. The molecule has 1 aliphatic rings. The maximum atomic E-state index is 12.8. The lowest BCUT2D eigenvalue weighted by molar-refractivity contribution is -0.122. The molecule has 2 N–H and O–H groups in total. The second-order valence-corrected chi connectivity index (χ2v) is 6.31. The number of ether oxygens (including phenoxy) is 2. The van der Waals surface area contributed by atoms with E-state index in [9.17, 15) is 19.5 Å². The number of phenolic OH excluding ortho intramolecular Hbond substituents is 1. The molecular formula is C20H20N2O6. The van der Waals surface area contributed by atoms with Crippen LogP contribution in [0, 0.1) is 0 Å². The average molecular weight is 384 g/mol. The highest BCUT2D eigenvalue weighted by atomic mass is 16.5. The van der Waals surface area contributed by atoms with Crippen molar-refractivity contribution in [2.24, 2.45) is 0 Å². The van der Waals surface area contributed by atoms with Crippen molar-refractivity contribution in [1.29, 1.82) is 0 Å². The van der Waals surface area contributed by atoms with Crippen LogP contribution in [-0.4, -0.2) is 42.6 Å². The maximum Gasteiger partial charge on any atom is 0.342 e. The van der Waals surface area contributed by atoms with Crippen molar-refractivity contribution in [2.45, 2.75) is 19.4 Å². The zero-order valence-electron chi connectivity index (χ0n) is 15.5. The van der Waals surface area contributed by atoms with Gasteiger partial charge in [0.2, 0.25) is 5.91 Å². The van der Waals surface area contributed by atoms with E-state index in [-0.39, 0.29) is 29.4 Å². The zero-order valence-corrected chi connectivity index (χ0v) is 15.5. The molecule has 0 aromatic heterocycles. The van der Waals surface area contributed by atoms with E-state index in [1.807, 2.05) is 0 Å². The van der Waals surface area contributed by atoms with Gasteiger partial charge in [-0.25, -0.2) is 4.79 Å². The highest BCUT2D eigenvalue weighted by Gasteiger charge is 2.30. The Morgan fingerprint density at radius 3 is 2.71 bits per heavy atom. The number of benzene rings is 2. The highest BCUT2D eigenvalue weighted by Crippen LogP contribution is 2.32. The quantitative estimate of drug-likeness (QED) is 0.784. The Morgan fingerprint density at radius 1 is 1.21 bits per heavy atom. The van der Waals surface area contributed by atoms with Crippen molar-refractivity contribution in [2.75, 3.05) is 23.9 Å². The summed E-state index contributed by atoms with van der Waals surface area (Å²) in [4.78, 5) is 38.5. The minimum atomic E-state index is -0.852. The van der Waals surface area contributed by atoms with E-state index in [4.69, 9.17) is 9.47 Å². The van der Waals surface area contributed by atoms with E-state index < -0.39 is 24.5 Å². The summed E-state index contributed by atoms with van der Waals surface area (Å²) in [5, 5.41) is 12.8. The van der Waals surface area contributed by atoms with E-state index in [0.29, 0.717) is 11.4 Å². The number of para-hydroxylation sites is 3. The van der Waals surface area contributed by atoms with Crippen LogP contribution in [0.15, 0.2) is 42.5 Å². The fourth-order valence-corrected chi connectivity index (χ4v) is 3.09. The number of phenols is 1. The fourth-order valence-electron chi connectivity index (χ4n) is 3.09. The summed E-state index contributed by atoms with van der Waals surface area (Å²) in [6, 6.07) is 10.9. The van der Waals surface area contributed by atoms with Crippen LogP contribution < -0.4 is 15.0 Å². The number of carbonyl (C=O) groups is 3. The van der Waals surface area contributed by atoms with Gasteiger partial charge in [-0.15, -0.1) is 0 Å². The topological polar surface area (TPSA) is 105 Å². The van der Waals surface area contributed by atoms with Crippen molar-refractivity contribution in [1.82, 2.24) is 0 Å². The third-order valence-electron chi connectivity index (χ3n) is 4.39. The number of aromatic hydroxyl groups is 1.